The molecule has 1 saturated heterocycles. The zero-order chi connectivity index (χ0) is 29.4. The van der Waals surface area contributed by atoms with Gasteiger partial charge in [-0.15, -0.1) is 0 Å². The molecule has 2 aliphatic heterocycles. The molecule has 3 heterocycles. The second kappa shape index (κ2) is 9.49. The lowest BCUT2D eigenvalue weighted by Gasteiger charge is -2.44. The molecule has 2 saturated carbocycles. The van der Waals surface area contributed by atoms with Gasteiger partial charge in [0, 0.05) is 30.0 Å². The zero-order valence-corrected chi connectivity index (χ0v) is 24.9. The van der Waals surface area contributed by atoms with Gasteiger partial charge in [-0.25, -0.2) is 8.42 Å². The number of hydrogen-bond donors (Lipinski definition) is 1. The minimum atomic E-state index is -3.13. The quantitative estimate of drug-likeness (QED) is 0.427. The summed E-state index contributed by atoms with van der Waals surface area (Å²) in [4.78, 5) is 39.3. The third-order valence-electron chi connectivity index (χ3n) is 10.5. The fourth-order valence-corrected chi connectivity index (χ4v) is 10.1. The molecule has 7 rings (SSSR count). The van der Waals surface area contributed by atoms with Crippen LogP contribution in [0.2, 0.25) is 0 Å². The van der Waals surface area contributed by atoms with Crippen LogP contribution in [0.25, 0.3) is 10.8 Å². The molecule has 1 unspecified atom stereocenters. The first-order valence-electron chi connectivity index (χ1n) is 15.0. The molecule has 3 fully saturated rings. The highest BCUT2D eigenvalue weighted by Crippen LogP contribution is 2.46. The lowest BCUT2D eigenvalue weighted by atomic mass is 9.83. The minimum absolute atomic E-state index is 0.205. The van der Waals surface area contributed by atoms with Crippen molar-refractivity contribution in [2.75, 3.05) is 4.90 Å². The van der Waals surface area contributed by atoms with Crippen LogP contribution >= 0.6 is 0 Å². The molecule has 3 amide bonds. The summed E-state index contributed by atoms with van der Waals surface area (Å²) in [6.45, 7) is 4.09. The van der Waals surface area contributed by atoms with E-state index in [0.29, 0.717) is 36.9 Å². The molecule has 42 heavy (non-hydrogen) atoms. The van der Waals surface area contributed by atoms with E-state index in [-0.39, 0.29) is 29.0 Å². The Labute approximate surface area is 245 Å². The summed E-state index contributed by atoms with van der Waals surface area (Å²) < 4.78 is 28.1. The largest absolute Gasteiger partial charge is 0.295 e. The van der Waals surface area contributed by atoms with Crippen LogP contribution in [0.1, 0.15) is 93.1 Å². The van der Waals surface area contributed by atoms with E-state index < -0.39 is 26.5 Å². The number of hydrogen-bond acceptors (Lipinski definition) is 6. The van der Waals surface area contributed by atoms with Crippen molar-refractivity contribution in [2.24, 2.45) is 0 Å². The summed E-state index contributed by atoms with van der Waals surface area (Å²) in [6, 6.07) is 8.88. The molecule has 10 heteroatoms. The van der Waals surface area contributed by atoms with Gasteiger partial charge in [-0.2, -0.15) is 5.10 Å². The predicted octanol–water partition coefficient (Wildman–Crippen LogP) is 4.41. The van der Waals surface area contributed by atoms with Crippen molar-refractivity contribution in [1.82, 2.24) is 15.1 Å². The number of piperidine rings is 1. The van der Waals surface area contributed by atoms with Gasteiger partial charge in [0.2, 0.25) is 11.8 Å². The molecule has 1 atom stereocenters. The van der Waals surface area contributed by atoms with Crippen LogP contribution in [-0.4, -0.2) is 52.0 Å². The monoisotopic (exact) mass is 588 g/mol. The van der Waals surface area contributed by atoms with Gasteiger partial charge < -0.3 is 0 Å². The van der Waals surface area contributed by atoms with E-state index in [2.05, 4.69) is 18.4 Å². The van der Waals surface area contributed by atoms with Gasteiger partial charge in [0.1, 0.15) is 6.04 Å². The van der Waals surface area contributed by atoms with Gasteiger partial charge in [-0.1, -0.05) is 24.6 Å². The molecular formula is C32H36N4O5S. The van der Waals surface area contributed by atoms with Crippen molar-refractivity contribution in [1.29, 1.82) is 0 Å². The second-order valence-corrected chi connectivity index (χ2v) is 15.9. The first kappa shape index (κ1) is 27.3. The normalized spacial score (nSPS) is 27.3. The van der Waals surface area contributed by atoms with Crippen molar-refractivity contribution in [3.05, 3.63) is 59.4 Å². The number of aromatic nitrogens is 2. The molecule has 0 radical (unpaired) electrons. The number of nitrogens with one attached hydrogen (secondary N) is 1. The number of amides is 3. The molecule has 1 N–H and O–H groups in total. The fraction of sp³-hybridized carbons (Fsp3) is 0.500. The van der Waals surface area contributed by atoms with Gasteiger partial charge in [-0.05, 0) is 87.4 Å². The number of sulfone groups is 1. The van der Waals surface area contributed by atoms with E-state index in [9.17, 15) is 22.8 Å². The van der Waals surface area contributed by atoms with Crippen LogP contribution in [0.3, 0.4) is 0 Å². The van der Waals surface area contributed by atoms with Crippen LogP contribution in [0.4, 0.5) is 5.69 Å². The Bertz CT molecular complexity index is 1750. The van der Waals surface area contributed by atoms with Crippen molar-refractivity contribution in [3.63, 3.8) is 0 Å². The van der Waals surface area contributed by atoms with Crippen LogP contribution in [0.15, 0.2) is 42.7 Å². The van der Waals surface area contributed by atoms with Crippen molar-refractivity contribution < 1.29 is 22.8 Å². The third kappa shape index (κ3) is 4.05. The Morgan fingerprint density at radius 3 is 2.45 bits per heavy atom. The summed E-state index contributed by atoms with van der Waals surface area (Å²) in [7, 11) is -3.13. The number of nitrogens with zero attached hydrogens (tertiary/aromatic N) is 3. The number of anilines is 1. The molecule has 2 aromatic carbocycles. The van der Waals surface area contributed by atoms with E-state index in [4.69, 9.17) is 5.10 Å². The van der Waals surface area contributed by atoms with E-state index in [0.717, 1.165) is 54.0 Å². The summed E-state index contributed by atoms with van der Waals surface area (Å²) in [5, 5.41) is 8.64. The average molecular weight is 589 g/mol. The SMILES string of the molecule is CC1(n2cc(Cc3ccc4c5c(cccc35)C(=O)N4C3CCC(=O)NC3=O)cn2)CCC(S(=O)(=O)C2(C)CCC2)CC1. The summed E-state index contributed by atoms with van der Waals surface area (Å²) in [5.41, 5.74) is 3.14. The van der Waals surface area contributed by atoms with E-state index >= 15 is 0 Å². The van der Waals surface area contributed by atoms with Crippen LogP contribution in [0.5, 0.6) is 0 Å². The average Bonchev–Trinajstić information content (AvgIpc) is 3.53. The maximum atomic E-state index is 13.5. The van der Waals surface area contributed by atoms with Crippen LogP contribution in [0, 0.1) is 0 Å². The molecule has 0 spiro atoms. The van der Waals surface area contributed by atoms with Crippen molar-refractivity contribution in [3.8, 4) is 0 Å². The lowest BCUT2D eigenvalue weighted by Crippen LogP contribution is -2.53. The van der Waals surface area contributed by atoms with Crippen LogP contribution < -0.4 is 10.2 Å². The summed E-state index contributed by atoms with van der Waals surface area (Å²) in [6.07, 6.45) is 10.5. The van der Waals surface area contributed by atoms with Crippen LogP contribution in [-0.2, 0) is 31.4 Å². The van der Waals surface area contributed by atoms with Gasteiger partial charge >= 0.3 is 0 Å². The molecule has 1 aromatic heterocycles. The van der Waals surface area contributed by atoms with Crippen molar-refractivity contribution >= 4 is 44.0 Å². The molecular weight excluding hydrogens is 552 g/mol. The first-order chi connectivity index (χ1) is 20.0. The highest BCUT2D eigenvalue weighted by atomic mass is 32.2. The molecule has 220 valence electrons. The maximum absolute atomic E-state index is 13.5. The number of carbonyl (C=O) groups is 3. The topological polar surface area (TPSA) is 118 Å². The molecule has 3 aromatic rings. The predicted molar refractivity (Wildman–Crippen MR) is 159 cm³/mol. The number of rotatable bonds is 6. The molecule has 9 nitrogen and oxygen atoms in total. The van der Waals surface area contributed by atoms with E-state index in [1.807, 2.05) is 42.1 Å². The minimum Gasteiger partial charge on any atom is -0.295 e. The molecule has 2 aliphatic carbocycles. The Hall–Kier alpha value is -3.53. The fourth-order valence-electron chi connectivity index (χ4n) is 7.54. The highest BCUT2D eigenvalue weighted by Gasteiger charge is 2.50. The maximum Gasteiger partial charge on any atom is 0.259 e. The smallest absolute Gasteiger partial charge is 0.259 e. The standard InChI is InChI=1S/C32H36N4O5S/c1-31(15-11-22(12-16-31)42(40,41)32(2)13-4-14-32)35-19-20(18-33-35)17-21-7-8-25-28-23(21)5-3-6-24(28)30(39)36(25)26-9-10-27(37)34-29(26)38/h3,5-8,18-19,22,26H,4,9-17H2,1-2H3,(H,34,37,38). The molecule has 0 bridgehead atoms. The number of imide groups is 1. The van der Waals surface area contributed by atoms with E-state index in [1.54, 1.807) is 11.0 Å². The zero-order valence-electron chi connectivity index (χ0n) is 24.1. The molecule has 4 aliphatic rings. The number of carbonyl (C=O) groups excluding carboxylic acids is 3. The second-order valence-electron chi connectivity index (χ2n) is 13.1. The Kier molecular flexibility index (Phi) is 6.17. The highest BCUT2D eigenvalue weighted by molar-refractivity contribution is 7.93. The Morgan fingerprint density at radius 2 is 1.76 bits per heavy atom. The van der Waals surface area contributed by atoms with Crippen molar-refractivity contribution in [2.45, 2.75) is 99.6 Å². The number of benzene rings is 2. The third-order valence-corrected chi connectivity index (χ3v) is 13.6. The van der Waals surface area contributed by atoms with Gasteiger partial charge in [0.05, 0.1) is 27.4 Å². The van der Waals surface area contributed by atoms with Gasteiger partial charge in [0.25, 0.3) is 5.91 Å². The lowest BCUT2D eigenvalue weighted by molar-refractivity contribution is -0.134. The Balaban J connectivity index is 1.11. The summed E-state index contributed by atoms with van der Waals surface area (Å²) >= 11 is 0. The van der Waals surface area contributed by atoms with Gasteiger partial charge in [-0.3, -0.25) is 29.3 Å². The van der Waals surface area contributed by atoms with Gasteiger partial charge in [0.15, 0.2) is 9.84 Å². The Morgan fingerprint density at radius 1 is 1.00 bits per heavy atom. The summed E-state index contributed by atoms with van der Waals surface area (Å²) in [5.74, 6) is -0.960. The van der Waals surface area contributed by atoms with E-state index in [1.165, 1.54) is 0 Å². The first-order valence-corrected chi connectivity index (χ1v) is 16.5.